The minimum Gasteiger partial charge on any atom is -0.466 e. The molecule has 7 nitrogen and oxygen atoms in total. The zero-order chi connectivity index (χ0) is 17.7. The maximum atomic E-state index is 12.3. The van der Waals surface area contributed by atoms with Gasteiger partial charge < -0.3 is 19.1 Å². The highest BCUT2D eigenvalue weighted by molar-refractivity contribution is 6.06. The maximum absolute atomic E-state index is 12.3. The predicted octanol–water partition coefficient (Wildman–Crippen LogP) is 1.67. The van der Waals surface area contributed by atoms with Gasteiger partial charge in [-0.3, -0.25) is 4.79 Å². The Morgan fingerprint density at radius 1 is 1.12 bits per heavy atom. The number of nitrogens with zero attached hydrogens (tertiary/aromatic N) is 1. The Balaban J connectivity index is 2.62. The molecule has 24 heavy (non-hydrogen) atoms. The molecule has 1 aromatic rings. The van der Waals surface area contributed by atoms with Gasteiger partial charge in [-0.2, -0.15) is 0 Å². The van der Waals surface area contributed by atoms with E-state index >= 15 is 0 Å². The van der Waals surface area contributed by atoms with E-state index in [2.05, 4.69) is 0 Å². The molecule has 0 amide bonds. The summed E-state index contributed by atoms with van der Waals surface area (Å²) in [5, 5.41) is 0. The summed E-state index contributed by atoms with van der Waals surface area (Å²) in [7, 11) is 2.44. The number of ketones is 1. The third kappa shape index (κ3) is 3.30. The van der Waals surface area contributed by atoms with Crippen LogP contribution in [0.3, 0.4) is 0 Å². The summed E-state index contributed by atoms with van der Waals surface area (Å²) in [5.74, 6) is -1.46. The second-order valence-electron chi connectivity index (χ2n) is 5.01. The standard InChI is InChI=1S/C17H19NO6/c1-4-14(19)11-7-5-6-8-13(11)18-10-24-9-12(16(20)22-2)15(18)17(21)23-3/h5-8H,4,9-10H2,1-3H3. The molecular weight excluding hydrogens is 314 g/mol. The molecule has 128 valence electrons. The fourth-order valence-electron chi connectivity index (χ4n) is 2.47. The lowest BCUT2D eigenvalue weighted by Crippen LogP contribution is -2.39. The van der Waals surface area contributed by atoms with E-state index < -0.39 is 11.9 Å². The van der Waals surface area contributed by atoms with Crippen LogP contribution in [0.1, 0.15) is 23.7 Å². The minimum absolute atomic E-state index is 0.0128. The number of Topliss-reactive ketones (excluding diaryl/α,β-unsaturated/α-hetero) is 1. The van der Waals surface area contributed by atoms with Crippen LogP contribution in [0, 0.1) is 0 Å². The van der Waals surface area contributed by atoms with Crippen LogP contribution in [0.15, 0.2) is 35.5 Å². The Labute approximate surface area is 139 Å². The van der Waals surface area contributed by atoms with Gasteiger partial charge in [0.1, 0.15) is 12.4 Å². The average Bonchev–Trinajstić information content (AvgIpc) is 2.65. The number of carbonyl (C=O) groups is 3. The van der Waals surface area contributed by atoms with Crippen molar-refractivity contribution >= 4 is 23.4 Å². The zero-order valence-electron chi connectivity index (χ0n) is 13.8. The third-order valence-electron chi connectivity index (χ3n) is 3.65. The fraction of sp³-hybridized carbons (Fsp3) is 0.353. The van der Waals surface area contributed by atoms with Crippen molar-refractivity contribution in [3.63, 3.8) is 0 Å². The van der Waals surface area contributed by atoms with Crippen molar-refractivity contribution < 1.29 is 28.6 Å². The second-order valence-corrected chi connectivity index (χ2v) is 5.01. The molecule has 1 aliphatic heterocycles. The Morgan fingerprint density at radius 3 is 2.42 bits per heavy atom. The molecule has 1 heterocycles. The van der Waals surface area contributed by atoms with Crippen molar-refractivity contribution in [2.24, 2.45) is 0 Å². The van der Waals surface area contributed by atoms with E-state index in [1.54, 1.807) is 31.2 Å². The Kier molecular flexibility index (Phi) is 5.70. The van der Waals surface area contributed by atoms with Crippen molar-refractivity contribution in [3.8, 4) is 0 Å². The minimum atomic E-state index is -0.697. The van der Waals surface area contributed by atoms with Gasteiger partial charge in [0.15, 0.2) is 5.78 Å². The van der Waals surface area contributed by atoms with E-state index in [-0.39, 0.29) is 30.4 Å². The fourth-order valence-corrected chi connectivity index (χ4v) is 2.47. The van der Waals surface area contributed by atoms with Crippen LogP contribution < -0.4 is 4.90 Å². The molecule has 0 saturated carbocycles. The first-order chi connectivity index (χ1) is 11.5. The van der Waals surface area contributed by atoms with E-state index in [4.69, 9.17) is 14.2 Å². The molecule has 0 fully saturated rings. The number of ether oxygens (including phenoxy) is 3. The van der Waals surface area contributed by atoms with E-state index in [1.165, 1.54) is 19.1 Å². The highest BCUT2D eigenvalue weighted by atomic mass is 16.5. The largest absolute Gasteiger partial charge is 0.466 e. The molecule has 1 aromatic carbocycles. The number of hydrogen-bond acceptors (Lipinski definition) is 7. The second kappa shape index (κ2) is 7.74. The Hall–Kier alpha value is -2.67. The van der Waals surface area contributed by atoms with Gasteiger partial charge in [0.05, 0.1) is 32.1 Å². The molecule has 2 rings (SSSR count). The van der Waals surface area contributed by atoms with Crippen molar-refractivity contribution in [2.75, 3.05) is 32.5 Å². The summed E-state index contributed by atoms with van der Waals surface area (Å²) < 4.78 is 14.9. The highest BCUT2D eigenvalue weighted by Crippen LogP contribution is 2.30. The molecule has 0 unspecified atom stereocenters. The van der Waals surface area contributed by atoms with Crippen molar-refractivity contribution in [1.82, 2.24) is 0 Å². The lowest BCUT2D eigenvalue weighted by Gasteiger charge is -2.32. The smallest absolute Gasteiger partial charge is 0.355 e. The molecule has 0 spiro atoms. The molecule has 1 aliphatic rings. The number of hydrogen-bond donors (Lipinski definition) is 0. The number of anilines is 1. The van der Waals surface area contributed by atoms with Crippen LogP contribution in [0.4, 0.5) is 5.69 Å². The molecule has 0 aromatic heterocycles. The quantitative estimate of drug-likeness (QED) is 0.599. The van der Waals surface area contributed by atoms with Crippen molar-refractivity contribution in [3.05, 3.63) is 41.1 Å². The topological polar surface area (TPSA) is 82.1 Å². The first-order valence-electron chi connectivity index (χ1n) is 7.42. The van der Waals surface area contributed by atoms with E-state index in [0.29, 0.717) is 17.7 Å². The monoisotopic (exact) mass is 333 g/mol. The molecule has 0 atom stereocenters. The SMILES string of the molecule is CCC(=O)c1ccccc1N1COCC(C(=O)OC)=C1C(=O)OC. The summed E-state index contributed by atoms with van der Waals surface area (Å²) in [4.78, 5) is 37.9. The molecule has 0 aliphatic carbocycles. The normalized spacial score (nSPS) is 14.4. The lowest BCUT2D eigenvalue weighted by molar-refractivity contribution is -0.140. The van der Waals surface area contributed by atoms with Gasteiger partial charge in [-0.15, -0.1) is 0 Å². The predicted molar refractivity (Wildman–Crippen MR) is 85.4 cm³/mol. The number of benzene rings is 1. The summed E-state index contributed by atoms with van der Waals surface area (Å²) in [6, 6.07) is 6.83. The van der Waals surface area contributed by atoms with E-state index in [0.717, 1.165) is 0 Å². The Bertz CT molecular complexity index is 694. The van der Waals surface area contributed by atoms with Crippen LogP contribution in [-0.4, -0.2) is 45.3 Å². The number of rotatable bonds is 5. The molecule has 7 heteroatoms. The molecule has 0 bridgehead atoms. The summed E-state index contributed by atoms with van der Waals surface area (Å²) in [6.45, 7) is 1.69. The first-order valence-corrected chi connectivity index (χ1v) is 7.42. The van der Waals surface area contributed by atoms with Crippen LogP contribution in [0.25, 0.3) is 0 Å². The summed E-state index contributed by atoms with van der Waals surface area (Å²) in [6.07, 6.45) is 0.312. The van der Waals surface area contributed by atoms with Gasteiger partial charge in [-0.1, -0.05) is 19.1 Å². The van der Waals surface area contributed by atoms with Gasteiger partial charge in [-0.05, 0) is 12.1 Å². The summed E-state index contributed by atoms with van der Waals surface area (Å²) in [5.41, 5.74) is 0.989. The van der Waals surface area contributed by atoms with Crippen molar-refractivity contribution in [1.29, 1.82) is 0 Å². The average molecular weight is 333 g/mol. The van der Waals surface area contributed by atoms with Crippen LogP contribution in [0.2, 0.25) is 0 Å². The molecule has 0 radical (unpaired) electrons. The van der Waals surface area contributed by atoms with Crippen LogP contribution in [0.5, 0.6) is 0 Å². The zero-order valence-corrected chi connectivity index (χ0v) is 13.8. The summed E-state index contributed by atoms with van der Waals surface area (Å²) >= 11 is 0. The van der Waals surface area contributed by atoms with Crippen LogP contribution in [-0.2, 0) is 23.8 Å². The maximum Gasteiger partial charge on any atom is 0.355 e. The molecular formula is C17H19NO6. The van der Waals surface area contributed by atoms with Gasteiger partial charge in [0.25, 0.3) is 0 Å². The van der Waals surface area contributed by atoms with Crippen molar-refractivity contribution in [2.45, 2.75) is 13.3 Å². The third-order valence-corrected chi connectivity index (χ3v) is 3.65. The van der Waals surface area contributed by atoms with Gasteiger partial charge in [0, 0.05) is 12.0 Å². The highest BCUT2D eigenvalue weighted by Gasteiger charge is 2.33. The van der Waals surface area contributed by atoms with Gasteiger partial charge in [0.2, 0.25) is 0 Å². The number of para-hydroxylation sites is 1. The van der Waals surface area contributed by atoms with E-state index in [1.807, 2.05) is 0 Å². The molecule has 0 saturated heterocycles. The Morgan fingerprint density at radius 2 is 1.79 bits per heavy atom. The molecule has 0 N–H and O–H groups in total. The lowest BCUT2D eigenvalue weighted by atomic mass is 10.0. The van der Waals surface area contributed by atoms with Crippen LogP contribution >= 0.6 is 0 Å². The number of carbonyl (C=O) groups excluding carboxylic acids is 3. The van der Waals surface area contributed by atoms with Gasteiger partial charge >= 0.3 is 11.9 Å². The van der Waals surface area contributed by atoms with E-state index in [9.17, 15) is 14.4 Å². The number of methoxy groups -OCH3 is 2. The number of esters is 2. The van der Waals surface area contributed by atoms with Gasteiger partial charge in [-0.25, -0.2) is 9.59 Å². The first kappa shape index (κ1) is 17.7.